The quantitative estimate of drug-likeness (QED) is 0.877. The highest BCUT2D eigenvalue weighted by Gasteiger charge is 2.07. The van der Waals surface area contributed by atoms with Crippen molar-refractivity contribution in [1.29, 1.82) is 0 Å². The van der Waals surface area contributed by atoms with Gasteiger partial charge in [-0.1, -0.05) is 17.7 Å². The second-order valence-electron chi connectivity index (χ2n) is 4.42. The zero-order valence-electron chi connectivity index (χ0n) is 11.2. The number of hydrogen-bond donors (Lipinski definition) is 1. The molecule has 0 spiro atoms. The number of aromatic nitrogens is 1. The van der Waals surface area contributed by atoms with Crippen LogP contribution in [0.1, 0.15) is 17.4 Å². The molecule has 2 aromatic heterocycles. The zero-order valence-corrected chi connectivity index (χ0v) is 12.8. The standard InChI is InChI=1S/C14H18ClN3S/c1-3-16-14-11(5-4-8-17-14)9-18(2)10-12-6-7-13(15)19-12/h4-8H,3,9-10H2,1-2H3,(H,16,17). The van der Waals surface area contributed by atoms with Gasteiger partial charge in [0.1, 0.15) is 5.82 Å². The lowest BCUT2D eigenvalue weighted by molar-refractivity contribution is 0.322. The number of nitrogens with zero attached hydrogens (tertiary/aromatic N) is 2. The third-order valence-electron chi connectivity index (χ3n) is 2.73. The van der Waals surface area contributed by atoms with E-state index in [1.165, 1.54) is 10.4 Å². The van der Waals surface area contributed by atoms with Gasteiger partial charge in [0, 0.05) is 36.3 Å². The van der Waals surface area contributed by atoms with Gasteiger partial charge in [-0.05, 0) is 32.2 Å². The first-order valence-electron chi connectivity index (χ1n) is 6.29. The number of halogens is 1. The molecule has 0 fully saturated rings. The Labute approximate surface area is 123 Å². The molecule has 3 nitrogen and oxygen atoms in total. The van der Waals surface area contributed by atoms with Gasteiger partial charge in [0.25, 0.3) is 0 Å². The number of thiophene rings is 1. The fourth-order valence-electron chi connectivity index (χ4n) is 1.94. The van der Waals surface area contributed by atoms with E-state index in [-0.39, 0.29) is 0 Å². The first-order valence-corrected chi connectivity index (χ1v) is 7.49. The lowest BCUT2D eigenvalue weighted by Gasteiger charge is -2.17. The van der Waals surface area contributed by atoms with Gasteiger partial charge in [0.05, 0.1) is 4.34 Å². The Bertz CT molecular complexity index is 527. The zero-order chi connectivity index (χ0) is 13.7. The number of nitrogens with one attached hydrogen (secondary N) is 1. The molecule has 2 aromatic rings. The highest BCUT2D eigenvalue weighted by atomic mass is 35.5. The average molecular weight is 296 g/mol. The highest BCUT2D eigenvalue weighted by Crippen LogP contribution is 2.23. The summed E-state index contributed by atoms with van der Waals surface area (Å²) in [5, 5.41) is 3.29. The Morgan fingerprint density at radius 1 is 1.32 bits per heavy atom. The molecule has 0 radical (unpaired) electrons. The lowest BCUT2D eigenvalue weighted by Crippen LogP contribution is -2.18. The predicted octanol–water partition coefficient (Wildman–Crippen LogP) is 3.86. The van der Waals surface area contributed by atoms with Crippen LogP contribution in [-0.2, 0) is 13.1 Å². The molecule has 0 amide bonds. The highest BCUT2D eigenvalue weighted by molar-refractivity contribution is 7.16. The fraction of sp³-hybridized carbons (Fsp3) is 0.357. The minimum atomic E-state index is 0.845. The van der Waals surface area contributed by atoms with Gasteiger partial charge in [0.2, 0.25) is 0 Å². The van der Waals surface area contributed by atoms with Crippen molar-refractivity contribution in [2.24, 2.45) is 0 Å². The first kappa shape index (κ1) is 14.3. The van der Waals surface area contributed by atoms with E-state index in [2.05, 4.69) is 41.3 Å². The van der Waals surface area contributed by atoms with Crippen LogP contribution in [0.25, 0.3) is 0 Å². The molecule has 0 atom stereocenters. The lowest BCUT2D eigenvalue weighted by atomic mass is 10.2. The summed E-state index contributed by atoms with van der Waals surface area (Å²) in [5.41, 5.74) is 1.22. The minimum Gasteiger partial charge on any atom is -0.370 e. The molecule has 102 valence electrons. The van der Waals surface area contributed by atoms with Gasteiger partial charge >= 0.3 is 0 Å². The molecule has 1 N–H and O–H groups in total. The van der Waals surface area contributed by atoms with Gasteiger partial charge in [-0.3, -0.25) is 4.90 Å². The normalized spacial score (nSPS) is 10.9. The van der Waals surface area contributed by atoms with Crippen LogP contribution in [-0.4, -0.2) is 23.5 Å². The average Bonchev–Trinajstić information content (AvgIpc) is 2.77. The van der Waals surface area contributed by atoms with E-state index in [1.54, 1.807) is 11.3 Å². The molecule has 0 aliphatic rings. The van der Waals surface area contributed by atoms with E-state index in [1.807, 2.05) is 18.3 Å². The number of rotatable bonds is 6. The maximum absolute atomic E-state index is 5.95. The van der Waals surface area contributed by atoms with Crippen LogP contribution < -0.4 is 5.32 Å². The van der Waals surface area contributed by atoms with Crippen LogP contribution in [0.5, 0.6) is 0 Å². The van der Waals surface area contributed by atoms with E-state index in [4.69, 9.17) is 11.6 Å². The SMILES string of the molecule is CCNc1ncccc1CN(C)Cc1ccc(Cl)s1. The monoisotopic (exact) mass is 295 g/mol. The first-order chi connectivity index (χ1) is 9.19. The van der Waals surface area contributed by atoms with Gasteiger partial charge in [-0.15, -0.1) is 11.3 Å². The van der Waals surface area contributed by atoms with Crippen molar-refractivity contribution in [1.82, 2.24) is 9.88 Å². The molecule has 0 bridgehead atoms. The summed E-state index contributed by atoms with van der Waals surface area (Å²) < 4.78 is 0.845. The Hall–Kier alpha value is -1.10. The molecule has 0 saturated carbocycles. The van der Waals surface area contributed by atoms with Crippen molar-refractivity contribution in [2.75, 3.05) is 18.9 Å². The fourth-order valence-corrected chi connectivity index (χ4v) is 3.11. The third kappa shape index (κ3) is 4.20. The van der Waals surface area contributed by atoms with Crippen LogP contribution >= 0.6 is 22.9 Å². The van der Waals surface area contributed by atoms with Gasteiger partial charge < -0.3 is 5.32 Å². The molecule has 0 aliphatic heterocycles. The summed E-state index contributed by atoms with van der Waals surface area (Å²) in [4.78, 5) is 7.92. The van der Waals surface area contributed by atoms with E-state index in [0.717, 1.165) is 29.8 Å². The smallest absolute Gasteiger partial charge is 0.130 e. The van der Waals surface area contributed by atoms with Crippen LogP contribution in [0.4, 0.5) is 5.82 Å². The minimum absolute atomic E-state index is 0.845. The predicted molar refractivity (Wildman–Crippen MR) is 82.9 cm³/mol. The number of anilines is 1. The van der Waals surface area contributed by atoms with Crippen molar-refractivity contribution < 1.29 is 0 Å². The van der Waals surface area contributed by atoms with Crippen LogP contribution in [0, 0.1) is 0 Å². The topological polar surface area (TPSA) is 28.2 Å². The third-order valence-corrected chi connectivity index (χ3v) is 3.95. The molecule has 0 aliphatic carbocycles. The van der Waals surface area contributed by atoms with Crippen molar-refractivity contribution >= 4 is 28.8 Å². The van der Waals surface area contributed by atoms with Gasteiger partial charge in [-0.25, -0.2) is 4.98 Å². The van der Waals surface area contributed by atoms with Crippen LogP contribution in [0.2, 0.25) is 4.34 Å². The van der Waals surface area contributed by atoms with Crippen molar-refractivity contribution in [3.8, 4) is 0 Å². The van der Waals surface area contributed by atoms with E-state index in [0.29, 0.717) is 0 Å². The number of pyridine rings is 1. The van der Waals surface area contributed by atoms with E-state index < -0.39 is 0 Å². The molecule has 0 saturated heterocycles. The number of hydrogen-bond acceptors (Lipinski definition) is 4. The van der Waals surface area contributed by atoms with Crippen molar-refractivity contribution in [3.05, 3.63) is 45.2 Å². The van der Waals surface area contributed by atoms with Gasteiger partial charge in [-0.2, -0.15) is 0 Å². The van der Waals surface area contributed by atoms with Gasteiger partial charge in [0.15, 0.2) is 0 Å². The summed E-state index contributed by atoms with van der Waals surface area (Å²) in [6.45, 7) is 4.73. The van der Waals surface area contributed by atoms with E-state index >= 15 is 0 Å². The Kier molecular flexibility index (Phi) is 5.19. The summed E-state index contributed by atoms with van der Waals surface area (Å²) in [7, 11) is 2.11. The molecule has 0 aromatic carbocycles. The molecule has 5 heteroatoms. The second kappa shape index (κ2) is 6.89. The summed E-state index contributed by atoms with van der Waals surface area (Å²) >= 11 is 7.58. The molecular weight excluding hydrogens is 278 g/mol. The van der Waals surface area contributed by atoms with Crippen LogP contribution in [0.15, 0.2) is 30.5 Å². The maximum atomic E-state index is 5.95. The molecule has 19 heavy (non-hydrogen) atoms. The Balaban J connectivity index is 2.00. The Morgan fingerprint density at radius 3 is 2.84 bits per heavy atom. The van der Waals surface area contributed by atoms with Crippen LogP contribution in [0.3, 0.4) is 0 Å². The molecule has 0 unspecified atom stereocenters. The second-order valence-corrected chi connectivity index (χ2v) is 6.22. The van der Waals surface area contributed by atoms with Crippen molar-refractivity contribution in [3.63, 3.8) is 0 Å². The largest absolute Gasteiger partial charge is 0.370 e. The molecular formula is C14H18ClN3S. The summed E-state index contributed by atoms with van der Waals surface area (Å²) in [6.07, 6.45) is 1.82. The van der Waals surface area contributed by atoms with Crippen molar-refractivity contribution in [2.45, 2.75) is 20.0 Å². The molecule has 2 heterocycles. The van der Waals surface area contributed by atoms with E-state index in [9.17, 15) is 0 Å². The summed E-state index contributed by atoms with van der Waals surface area (Å²) in [5.74, 6) is 0.973. The maximum Gasteiger partial charge on any atom is 0.130 e. The Morgan fingerprint density at radius 2 is 2.16 bits per heavy atom. The molecule has 2 rings (SSSR count). The summed E-state index contributed by atoms with van der Waals surface area (Å²) in [6, 6.07) is 8.12.